The van der Waals surface area contributed by atoms with Gasteiger partial charge in [-0.25, -0.2) is 4.79 Å². The van der Waals surface area contributed by atoms with Gasteiger partial charge in [0.25, 0.3) is 0 Å². The number of likely N-dealkylation sites (tertiary alicyclic amines) is 2. The Morgan fingerprint density at radius 1 is 0.977 bits per heavy atom. The van der Waals surface area contributed by atoms with Crippen molar-refractivity contribution in [3.05, 3.63) is 47.5 Å². The topological polar surface area (TPSA) is 99.3 Å². The lowest BCUT2D eigenvalue weighted by molar-refractivity contribution is -0.157. The standard InChI is InChI=1S/C35H54N4O5/c1-9-30(26-16-11-10-12-17-26)44-35(43)28-19-15-21-39(28)33(41)25(6)22-29(23(2)3)38(8)34(42)31(24(4)5)36-32(40)27-18-13-14-20-37(27)7/h10-12,16-17,22-24,27-31H,9,13-15,18-21H2,1-8H3,(H,36,40)/b25-22+. The second kappa shape index (κ2) is 16.2. The van der Waals surface area contributed by atoms with Crippen LogP contribution < -0.4 is 5.32 Å². The molecule has 2 saturated heterocycles. The molecule has 0 aliphatic carbocycles. The van der Waals surface area contributed by atoms with Gasteiger partial charge in [0.1, 0.15) is 18.2 Å². The fourth-order valence-electron chi connectivity index (χ4n) is 6.37. The Morgan fingerprint density at radius 3 is 2.23 bits per heavy atom. The summed E-state index contributed by atoms with van der Waals surface area (Å²) in [6.07, 6.45) is 6.24. The van der Waals surface area contributed by atoms with Crippen LogP contribution in [-0.2, 0) is 23.9 Å². The summed E-state index contributed by atoms with van der Waals surface area (Å²) in [6, 6.07) is 7.73. The molecule has 244 valence electrons. The summed E-state index contributed by atoms with van der Waals surface area (Å²) in [4.78, 5) is 59.4. The number of amides is 3. The van der Waals surface area contributed by atoms with E-state index in [0.717, 1.165) is 37.8 Å². The van der Waals surface area contributed by atoms with Crippen LogP contribution in [0, 0.1) is 11.8 Å². The molecule has 1 N–H and O–H groups in total. The molecule has 0 bridgehead atoms. The molecule has 2 heterocycles. The Hall–Kier alpha value is -3.20. The first kappa shape index (κ1) is 35.3. The van der Waals surface area contributed by atoms with Gasteiger partial charge in [-0.1, -0.05) is 77.4 Å². The summed E-state index contributed by atoms with van der Waals surface area (Å²) in [6.45, 7) is 12.9. The van der Waals surface area contributed by atoms with E-state index in [0.29, 0.717) is 25.0 Å². The molecule has 0 aromatic heterocycles. The van der Waals surface area contributed by atoms with Crippen molar-refractivity contribution in [1.82, 2.24) is 20.0 Å². The van der Waals surface area contributed by atoms with Crippen molar-refractivity contribution in [3.63, 3.8) is 0 Å². The number of hydrogen-bond donors (Lipinski definition) is 1. The molecule has 2 aliphatic heterocycles. The van der Waals surface area contributed by atoms with Crippen LogP contribution in [0.1, 0.15) is 91.7 Å². The molecule has 5 unspecified atom stereocenters. The number of piperidine rings is 1. The largest absolute Gasteiger partial charge is 0.456 e. The number of rotatable bonds is 12. The summed E-state index contributed by atoms with van der Waals surface area (Å²) >= 11 is 0. The van der Waals surface area contributed by atoms with E-state index in [1.807, 2.05) is 78.1 Å². The van der Waals surface area contributed by atoms with Crippen LogP contribution >= 0.6 is 0 Å². The number of ether oxygens (including phenoxy) is 1. The summed E-state index contributed by atoms with van der Waals surface area (Å²) in [5.41, 5.74) is 1.41. The van der Waals surface area contributed by atoms with Gasteiger partial charge in [-0.05, 0) is 70.0 Å². The van der Waals surface area contributed by atoms with E-state index in [2.05, 4.69) is 10.2 Å². The molecular weight excluding hydrogens is 556 g/mol. The number of carbonyl (C=O) groups is 4. The Morgan fingerprint density at radius 2 is 1.64 bits per heavy atom. The zero-order valence-electron chi connectivity index (χ0n) is 28.0. The second-order valence-corrected chi connectivity index (χ2v) is 13.2. The van der Waals surface area contributed by atoms with Gasteiger partial charge in [-0.15, -0.1) is 0 Å². The number of nitrogens with one attached hydrogen (secondary N) is 1. The average molecular weight is 611 g/mol. The number of esters is 1. The minimum atomic E-state index is -0.678. The van der Waals surface area contributed by atoms with Crippen molar-refractivity contribution < 1.29 is 23.9 Å². The molecule has 5 atom stereocenters. The van der Waals surface area contributed by atoms with Gasteiger partial charge in [0.2, 0.25) is 17.7 Å². The van der Waals surface area contributed by atoms with E-state index < -0.39 is 12.1 Å². The van der Waals surface area contributed by atoms with Crippen LogP contribution in [0.5, 0.6) is 0 Å². The number of benzene rings is 1. The van der Waals surface area contributed by atoms with Crippen LogP contribution in [0.2, 0.25) is 0 Å². The summed E-state index contributed by atoms with van der Waals surface area (Å²) in [5.74, 6) is -1.00. The van der Waals surface area contributed by atoms with E-state index in [-0.39, 0.29) is 53.7 Å². The maximum atomic E-state index is 13.8. The molecule has 1 aromatic carbocycles. The summed E-state index contributed by atoms with van der Waals surface area (Å²) in [7, 11) is 3.69. The zero-order chi connectivity index (χ0) is 32.6. The zero-order valence-corrected chi connectivity index (χ0v) is 28.0. The predicted octanol–water partition coefficient (Wildman–Crippen LogP) is 4.73. The van der Waals surface area contributed by atoms with Crippen LogP contribution in [-0.4, -0.2) is 89.7 Å². The fourth-order valence-corrected chi connectivity index (χ4v) is 6.37. The van der Waals surface area contributed by atoms with E-state index in [1.165, 1.54) is 0 Å². The van der Waals surface area contributed by atoms with Crippen LogP contribution in [0.15, 0.2) is 42.0 Å². The lowest BCUT2D eigenvalue weighted by Crippen LogP contribution is -2.57. The Balaban J connectivity index is 1.73. The lowest BCUT2D eigenvalue weighted by atomic mass is 9.96. The second-order valence-electron chi connectivity index (χ2n) is 13.2. The molecule has 2 fully saturated rings. The van der Waals surface area contributed by atoms with E-state index >= 15 is 0 Å². The first-order valence-corrected chi connectivity index (χ1v) is 16.4. The number of nitrogens with zero attached hydrogens (tertiary/aromatic N) is 3. The van der Waals surface area contributed by atoms with E-state index in [4.69, 9.17) is 4.74 Å². The van der Waals surface area contributed by atoms with Crippen molar-refractivity contribution in [2.45, 2.75) is 110 Å². The molecule has 3 rings (SSSR count). The normalized spacial score (nSPS) is 21.6. The van der Waals surface area contributed by atoms with Gasteiger partial charge in [0.05, 0.1) is 12.1 Å². The Kier molecular flexibility index (Phi) is 13.0. The third-order valence-electron chi connectivity index (χ3n) is 9.13. The highest BCUT2D eigenvalue weighted by molar-refractivity contribution is 5.96. The third-order valence-corrected chi connectivity index (χ3v) is 9.13. The summed E-state index contributed by atoms with van der Waals surface area (Å²) < 4.78 is 5.91. The van der Waals surface area contributed by atoms with Crippen LogP contribution in [0.25, 0.3) is 0 Å². The molecular formula is C35H54N4O5. The van der Waals surface area contributed by atoms with E-state index in [1.54, 1.807) is 23.8 Å². The van der Waals surface area contributed by atoms with Gasteiger partial charge in [-0.2, -0.15) is 0 Å². The highest BCUT2D eigenvalue weighted by Crippen LogP contribution is 2.27. The molecule has 0 saturated carbocycles. The molecule has 9 heteroatoms. The molecule has 44 heavy (non-hydrogen) atoms. The minimum Gasteiger partial charge on any atom is -0.456 e. The van der Waals surface area contributed by atoms with Crippen molar-refractivity contribution in [2.24, 2.45) is 11.8 Å². The van der Waals surface area contributed by atoms with Crippen molar-refractivity contribution in [2.75, 3.05) is 27.2 Å². The fraction of sp³-hybridized carbons (Fsp3) is 0.657. The van der Waals surface area contributed by atoms with Gasteiger partial charge >= 0.3 is 5.97 Å². The van der Waals surface area contributed by atoms with Crippen LogP contribution in [0.3, 0.4) is 0 Å². The monoisotopic (exact) mass is 610 g/mol. The van der Waals surface area contributed by atoms with Gasteiger partial charge in [0.15, 0.2) is 0 Å². The molecule has 3 amide bonds. The lowest BCUT2D eigenvalue weighted by Gasteiger charge is -2.36. The van der Waals surface area contributed by atoms with Gasteiger partial charge in [-0.3, -0.25) is 19.3 Å². The third kappa shape index (κ3) is 8.71. The van der Waals surface area contributed by atoms with Crippen molar-refractivity contribution >= 4 is 23.7 Å². The van der Waals surface area contributed by atoms with Crippen molar-refractivity contribution in [3.8, 4) is 0 Å². The quantitative estimate of drug-likeness (QED) is 0.272. The number of carbonyl (C=O) groups excluding carboxylic acids is 4. The number of hydrogen-bond acceptors (Lipinski definition) is 6. The Labute approximate surface area is 264 Å². The predicted molar refractivity (Wildman–Crippen MR) is 172 cm³/mol. The van der Waals surface area contributed by atoms with Crippen LogP contribution in [0.4, 0.5) is 0 Å². The smallest absolute Gasteiger partial charge is 0.329 e. The highest BCUT2D eigenvalue weighted by Gasteiger charge is 2.38. The first-order chi connectivity index (χ1) is 20.9. The SMILES string of the molecule is CCC(OC(=O)C1CCCN1C(=O)/C(C)=C/C(C(C)C)N(C)C(=O)C(NC(=O)C1CCCCN1C)C(C)C)c1ccccc1. The minimum absolute atomic E-state index is 0.00946. The van der Waals surface area contributed by atoms with Gasteiger partial charge < -0.3 is 19.9 Å². The molecule has 9 nitrogen and oxygen atoms in total. The Bertz CT molecular complexity index is 1170. The van der Waals surface area contributed by atoms with Crippen molar-refractivity contribution in [1.29, 1.82) is 0 Å². The van der Waals surface area contributed by atoms with E-state index in [9.17, 15) is 19.2 Å². The molecule has 0 spiro atoms. The first-order valence-electron chi connectivity index (χ1n) is 16.4. The summed E-state index contributed by atoms with van der Waals surface area (Å²) in [5, 5.41) is 3.04. The number of likely N-dealkylation sites (N-methyl/N-ethyl adjacent to an activating group) is 2. The average Bonchev–Trinajstić information content (AvgIpc) is 3.50. The van der Waals surface area contributed by atoms with Gasteiger partial charge in [0, 0.05) is 19.2 Å². The molecule has 2 aliphatic rings. The molecule has 1 aromatic rings. The maximum Gasteiger partial charge on any atom is 0.329 e. The maximum absolute atomic E-state index is 13.8. The molecule has 0 radical (unpaired) electrons. The highest BCUT2D eigenvalue weighted by atomic mass is 16.5.